The first kappa shape index (κ1) is 14.7. The highest BCUT2D eigenvalue weighted by Gasteiger charge is 2.28. The van der Waals surface area contributed by atoms with Crippen LogP contribution in [-0.2, 0) is 0 Å². The third kappa shape index (κ3) is 2.74. The summed E-state index contributed by atoms with van der Waals surface area (Å²) in [5.41, 5.74) is 2.86. The van der Waals surface area contributed by atoms with Crippen molar-refractivity contribution in [1.82, 2.24) is 4.98 Å². The topological polar surface area (TPSA) is 12.9 Å². The third-order valence-electron chi connectivity index (χ3n) is 4.02. The van der Waals surface area contributed by atoms with Gasteiger partial charge in [-0.05, 0) is 28.7 Å². The monoisotopic (exact) mass is 293 g/mol. The van der Waals surface area contributed by atoms with Crippen LogP contribution in [0.1, 0.15) is 37.8 Å². The first-order valence-electron chi connectivity index (χ1n) is 7.56. The average molecular weight is 293 g/mol. The number of hydrogen-bond donors (Lipinski definition) is 0. The number of nitrogens with zero attached hydrogens (tertiary/aromatic N) is 1. The Morgan fingerprint density at radius 3 is 2.32 bits per heavy atom. The van der Waals surface area contributed by atoms with Gasteiger partial charge in [0.15, 0.2) is 0 Å². The molecule has 0 saturated carbocycles. The maximum absolute atomic E-state index is 13.8. The minimum atomic E-state index is -0.268. The molecule has 0 spiro atoms. The summed E-state index contributed by atoms with van der Waals surface area (Å²) in [6, 6.07) is 17.6. The lowest BCUT2D eigenvalue weighted by atomic mass is 9.73. The molecule has 0 fully saturated rings. The van der Waals surface area contributed by atoms with E-state index in [2.05, 4.69) is 56.1 Å². The summed E-state index contributed by atoms with van der Waals surface area (Å²) in [7, 11) is 0. The predicted octanol–water partition coefficient (Wildman–Crippen LogP) is 5.55. The quantitative estimate of drug-likeness (QED) is 0.603. The SMILES string of the molecule is CC(C)(C)C(c1ccccc1)c1cnc2c(F)cccc2c1. The molecule has 0 aliphatic carbocycles. The van der Waals surface area contributed by atoms with Crippen LogP contribution in [0.2, 0.25) is 0 Å². The van der Waals surface area contributed by atoms with E-state index in [4.69, 9.17) is 0 Å². The Morgan fingerprint density at radius 2 is 1.64 bits per heavy atom. The fourth-order valence-corrected chi connectivity index (χ4v) is 3.14. The molecular formula is C20H20FN. The lowest BCUT2D eigenvalue weighted by Gasteiger charge is -2.31. The zero-order valence-electron chi connectivity index (χ0n) is 13.2. The van der Waals surface area contributed by atoms with Gasteiger partial charge in [0.1, 0.15) is 11.3 Å². The van der Waals surface area contributed by atoms with Crippen molar-refractivity contribution in [2.24, 2.45) is 5.41 Å². The van der Waals surface area contributed by atoms with E-state index < -0.39 is 0 Å². The van der Waals surface area contributed by atoms with Crippen molar-refractivity contribution in [2.75, 3.05) is 0 Å². The number of rotatable bonds is 2. The summed E-state index contributed by atoms with van der Waals surface area (Å²) in [5, 5.41) is 0.850. The molecule has 2 aromatic carbocycles. The van der Waals surface area contributed by atoms with Gasteiger partial charge in [0, 0.05) is 17.5 Å². The predicted molar refractivity (Wildman–Crippen MR) is 89.4 cm³/mol. The number of pyridine rings is 1. The van der Waals surface area contributed by atoms with Crippen LogP contribution in [0.5, 0.6) is 0 Å². The van der Waals surface area contributed by atoms with Crippen LogP contribution in [0.15, 0.2) is 60.8 Å². The molecule has 1 aromatic heterocycles. The number of para-hydroxylation sites is 1. The van der Waals surface area contributed by atoms with Crippen molar-refractivity contribution < 1.29 is 4.39 Å². The molecule has 0 N–H and O–H groups in total. The van der Waals surface area contributed by atoms with E-state index in [0.29, 0.717) is 5.52 Å². The van der Waals surface area contributed by atoms with Crippen molar-refractivity contribution in [2.45, 2.75) is 26.7 Å². The molecule has 0 aliphatic rings. The minimum Gasteiger partial charge on any atom is -0.253 e. The van der Waals surface area contributed by atoms with E-state index >= 15 is 0 Å². The fraction of sp³-hybridized carbons (Fsp3) is 0.250. The van der Waals surface area contributed by atoms with E-state index in [1.54, 1.807) is 6.07 Å². The highest BCUT2D eigenvalue weighted by molar-refractivity contribution is 5.79. The number of hydrogen-bond acceptors (Lipinski definition) is 1. The molecule has 1 unspecified atom stereocenters. The Hall–Kier alpha value is -2.22. The summed E-state index contributed by atoms with van der Waals surface area (Å²) in [6.45, 7) is 6.67. The van der Waals surface area contributed by atoms with E-state index in [1.807, 2.05) is 18.3 Å². The zero-order chi connectivity index (χ0) is 15.7. The first-order valence-corrected chi connectivity index (χ1v) is 7.56. The van der Waals surface area contributed by atoms with Gasteiger partial charge in [-0.25, -0.2) is 4.39 Å². The second-order valence-electron chi connectivity index (χ2n) is 6.79. The van der Waals surface area contributed by atoms with E-state index in [-0.39, 0.29) is 17.2 Å². The number of aromatic nitrogens is 1. The summed E-state index contributed by atoms with van der Waals surface area (Å²) in [6.07, 6.45) is 1.81. The van der Waals surface area contributed by atoms with E-state index in [0.717, 1.165) is 10.9 Å². The molecule has 3 rings (SSSR count). The summed E-state index contributed by atoms with van der Waals surface area (Å²) < 4.78 is 13.8. The molecule has 0 amide bonds. The largest absolute Gasteiger partial charge is 0.253 e. The Bertz CT molecular complexity index is 788. The average Bonchev–Trinajstić information content (AvgIpc) is 2.47. The van der Waals surface area contributed by atoms with Gasteiger partial charge in [0.05, 0.1) is 0 Å². The molecule has 1 atom stereocenters. The summed E-state index contributed by atoms with van der Waals surface area (Å²) in [5.74, 6) is -0.0510. The number of halogens is 1. The minimum absolute atomic E-state index is 0.0457. The molecular weight excluding hydrogens is 273 g/mol. The molecule has 0 aliphatic heterocycles. The zero-order valence-corrected chi connectivity index (χ0v) is 13.2. The molecule has 0 saturated heterocycles. The molecule has 1 nitrogen and oxygen atoms in total. The van der Waals surface area contributed by atoms with Gasteiger partial charge in [0.25, 0.3) is 0 Å². The van der Waals surface area contributed by atoms with E-state index in [1.165, 1.54) is 11.6 Å². The van der Waals surface area contributed by atoms with Gasteiger partial charge in [-0.1, -0.05) is 63.2 Å². The molecule has 3 aromatic rings. The Kier molecular flexibility index (Phi) is 3.69. The van der Waals surface area contributed by atoms with Crippen molar-refractivity contribution in [1.29, 1.82) is 0 Å². The van der Waals surface area contributed by atoms with Crippen LogP contribution in [-0.4, -0.2) is 4.98 Å². The molecule has 2 heteroatoms. The van der Waals surface area contributed by atoms with Crippen molar-refractivity contribution in [3.8, 4) is 0 Å². The standard InChI is InChI=1S/C20H20FN/c1-20(2,3)18(14-8-5-4-6-9-14)16-12-15-10-7-11-17(21)19(15)22-13-16/h4-13,18H,1-3H3. The van der Waals surface area contributed by atoms with Gasteiger partial charge < -0.3 is 0 Å². The second kappa shape index (κ2) is 5.53. The number of fused-ring (bicyclic) bond motifs is 1. The lowest BCUT2D eigenvalue weighted by Crippen LogP contribution is -2.19. The van der Waals surface area contributed by atoms with Crippen molar-refractivity contribution >= 4 is 10.9 Å². The Labute approximate surface area is 130 Å². The van der Waals surface area contributed by atoms with Gasteiger partial charge in [-0.15, -0.1) is 0 Å². The molecule has 22 heavy (non-hydrogen) atoms. The van der Waals surface area contributed by atoms with Crippen molar-refractivity contribution in [3.05, 3.63) is 77.7 Å². The highest BCUT2D eigenvalue weighted by Crippen LogP contribution is 2.40. The van der Waals surface area contributed by atoms with Crippen LogP contribution in [0.25, 0.3) is 10.9 Å². The molecule has 112 valence electrons. The van der Waals surface area contributed by atoms with Gasteiger partial charge in [-0.2, -0.15) is 0 Å². The van der Waals surface area contributed by atoms with Gasteiger partial charge in [0.2, 0.25) is 0 Å². The highest BCUT2D eigenvalue weighted by atomic mass is 19.1. The van der Waals surface area contributed by atoms with Crippen LogP contribution in [0, 0.1) is 11.2 Å². The van der Waals surface area contributed by atoms with Gasteiger partial charge in [-0.3, -0.25) is 4.98 Å². The Balaban J connectivity index is 2.17. The maximum atomic E-state index is 13.8. The molecule has 0 radical (unpaired) electrons. The number of benzene rings is 2. The van der Waals surface area contributed by atoms with Gasteiger partial charge >= 0.3 is 0 Å². The second-order valence-corrected chi connectivity index (χ2v) is 6.79. The van der Waals surface area contributed by atoms with E-state index in [9.17, 15) is 4.39 Å². The third-order valence-corrected chi connectivity index (χ3v) is 4.02. The van der Waals surface area contributed by atoms with Crippen molar-refractivity contribution in [3.63, 3.8) is 0 Å². The molecule has 1 heterocycles. The maximum Gasteiger partial charge on any atom is 0.149 e. The van der Waals surface area contributed by atoms with Crippen LogP contribution < -0.4 is 0 Å². The van der Waals surface area contributed by atoms with Crippen LogP contribution in [0.4, 0.5) is 4.39 Å². The summed E-state index contributed by atoms with van der Waals surface area (Å²) >= 11 is 0. The smallest absolute Gasteiger partial charge is 0.149 e. The first-order chi connectivity index (χ1) is 10.5. The van der Waals surface area contributed by atoms with Crippen LogP contribution in [0.3, 0.4) is 0 Å². The van der Waals surface area contributed by atoms with Crippen LogP contribution >= 0.6 is 0 Å². The molecule has 0 bridgehead atoms. The summed E-state index contributed by atoms with van der Waals surface area (Å²) in [4.78, 5) is 4.37. The normalized spacial score (nSPS) is 13.3. The Morgan fingerprint density at radius 1 is 0.909 bits per heavy atom. The lowest BCUT2D eigenvalue weighted by molar-refractivity contribution is 0.358. The fourth-order valence-electron chi connectivity index (χ4n) is 3.14.